The van der Waals surface area contributed by atoms with Crippen LogP contribution in [0.3, 0.4) is 0 Å². The molecule has 150 valence electrons. The van der Waals surface area contributed by atoms with Gasteiger partial charge in [0.15, 0.2) is 0 Å². The number of hydrogen-bond acceptors (Lipinski definition) is 4. The highest BCUT2D eigenvalue weighted by Crippen LogP contribution is 2.44. The van der Waals surface area contributed by atoms with Crippen molar-refractivity contribution in [3.8, 4) is 21.7 Å². The van der Waals surface area contributed by atoms with Crippen molar-refractivity contribution in [1.82, 2.24) is 10.3 Å². The SMILES string of the molecule is CNCc1ccccc1-c1ccc(-c2sc3c(c2C(=O)O)CC(C)(C)CC3)nc1. The predicted octanol–water partition coefficient (Wildman–Crippen LogP) is 5.41. The fourth-order valence-corrected chi connectivity index (χ4v) is 5.45. The average molecular weight is 407 g/mol. The number of rotatable bonds is 5. The van der Waals surface area contributed by atoms with Crippen molar-refractivity contribution in [3.05, 3.63) is 64.2 Å². The van der Waals surface area contributed by atoms with E-state index in [1.54, 1.807) is 11.3 Å². The van der Waals surface area contributed by atoms with E-state index in [1.807, 2.05) is 37.5 Å². The molecule has 0 amide bonds. The van der Waals surface area contributed by atoms with E-state index in [4.69, 9.17) is 0 Å². The summed E-state index contributed by atoms with van der Waals surface area (Å²) in [6, 6.07) is 12.3. The molecular weight excluding hydrogens is 380 g/mol. The van der Waals surface area contributed by atoms with E-state index < -0.39 is 5.97 Å². The lowest BCUT2D eigenvalue weighted by molar-refractivity contribution is 0.0696. The standard InChI is InChI=1S/C24H26N2O2S/c1-24(2)11-10-20-18(12-24)21(23(27)28)22(29-20)19-9-8-16(14-26-19)17-7-5-4-6-15(17)13-25-3/h4-9,14,25H,10-13H2,1-3H3,(H,27,28). The van der Waals surface area contributed by atoms with E-state index in [-0.39, 0.29) is 5.41 Å². The number of pyridine rings is 1. The number of aryl methyl sites for hydroxylation is 1. The topological polar surface area (TPSA) is 62.2 Å². The molecule has 4 rings (SSSR count). The minimum atomic E-state index is -0.847. The monoisotopic (exact) mass is 406 g/mol. The van der Waals surface area contributed by atoms with Gasteiger partial charge in [-0.1, -0.05) is 44.2 Å². The summed E-state index contributed by atoms with van der Waals surface area (Å²) in [5, 5.41) is 13.1. The number of nitrogens with zero attached hydrogens (tertiary/aromatic N) is 1. The lowest BCUT2D eigenvalue weighted by Crippen LogP contribution is -2.22. The number of aromatic carboxylic acids is 1. The van der Waals surface area contributed by atoms with Gasteiger partial charge in [0.25, 0.3) is 0 Å². The Bertz CT molecular complexity index is 1050. The summed E-state index contributed by atoms with van der Waals surface area (Å²) >= 11 is 1.60. The molecule has 0 saturated heterocycles. The number of fused-ring (bicyclic) bond motifs is 1. The third kappa shape index (κ3) is 3.85. The molecular formula is C24H26N2O2S. The molecule has 2 heterocycles. The Morgan fingerprint density at radius 3 is 2.72 bits per heavy atom. The van der Waals surface area contributed by atoms with Crippen molar-refractivity contribution in [2.24, 2.45) is 5.41 Å². The third-order valence-electron chi connectivity index (χ3n) is 5.68. The first-order valence-corrected chi connectivity index (χ1v) is 10.8. The third-order valence-corrected chi connectivity index (χ3v) is 6.99. The number of aromatic nitrogens is 1. The Morgan fingerprint density at radius 1 is 1.24 bits per heavy atom. The van der Waals surface area contributed by atoms with E-state index >= 15 is 0 Å². The first-order valence-electron chi connectivity index (χ1n) is 9.97. The Morgan fingerprint density at radius 2 is 2.03 bits per heavy atom. The quantitative estimate of drug-likeness (QED) is 0.595. The van der Waals surface area contributed by atoms with Gasteiger partial charge >= 0.3 is 5.97 Å². The van der Waals surface area contributed by atoms with Gasteiger partial charge in [-0.15, -0.1) is 11.3 Å². The Kier molecular flexibility index (Phi) is 5.28. The number of thiophene rings is 1. The van der Waals surface area contributed by atoms with Gasteiger partial charge in [0, 0.05) is 23.2 Å². The zero-order chi connectivity index (χ0) is 20.6. The molecule has 0 bridgehead atoms. The minimum absolute atomic E-state index is 0.143. The molecule has 0 aliphatic heterocycles. The summed E-state index contributed by atoms with van der Waals surface area (Å²) < 4.78 is 0. The number of carboxylic acid groups (broad SMARTS) is 1. The molecule has 0 saturated carbocycles. The second kappa shape index (κ2) is 7.73. The lowest BCUT2D eigenvalue weighted by atomic mass is 9.76. The van der Waals surface area contributed by atoms with Crippen molar-refractivity contribution < 1.29 is 9.90 Å². The molecule has 1 aliphatic carbocycles. The van der Waals surface area contributed by atoms with Crippen LogP contribution >= 0.6 is 11.3 Å². The number of hydrogen-bond donors (Lipinski definition) is 2. The predicted molar refractivity (Wildman–Crippen MR) is 119 cm³/mol. The number of carboxylic acids is 1. The van der Waals surface area contributed by atoms with Crippen molar-refractivity contribution in [1.29, 1.82) is 0 Å². The molecule has 0 atom stereocenters. The average Bonchev–Trinajstić information content (AvgIpc) is 3.06. The molecule has 2 aromatic heterocycles. The van der Waals surface area contributed by atoms with Gasteiger partial charge < -0.3 is 10.4 Å². The molecule has 0 fully saturated rings. The largest absolute Gasteiger partial charge is 0.478 e. The summed E-state index contributed by atoms with van der Waals surface area (Å²) in [6.07, 6.45) is 4.71. The molecule has 29 heavy (non-hydrogen) atoms. The lowest BCUT2D eigenvalue weighted by Gasteiger charge is -2.29. The van der Waals surface area contributed by atoms with Gasteiger partial charge in [-0.2, -0.15) is 0 Å². The summed E-state index contributed by atoms with van der Waals surface area (Å²) in [5.74, 6) is -0.847. The van der Waals surface area contributed by atoms with Gasteiger partial charge in [-0.05, 0) is 54.5 Å². The van der Waals surface area contributed by atoms with Crippen LogP contribution in [0, 0.1) is 5.41 Å². The summed E-state index contributed by atoms with van der Waals surface area (Å²) in [4.78, 5) is 18.8. The van der Waals surface area contributed by atoms with E-state index in [1.165, 1.54) is 10.4 Å². The Hall–Kier alpha value is -2.50. The van der Waals surface area contributed by atoms with E-state index in [0.29, 0.717) is 5.56 Å². The molecule has 0 radical (unpaired) electrons. The van der Waals surface area contributed by atoms with Crippen LogP contribution in [0.25, 0.3) is 21.7 Å². The van der Waals surface area contributed by atoms with Crippen LogP contribution in [0.2, 0.25) is 0 Å². The second-order valence-corrected chi connectivity index (χ2v) is 9.58. The van der Waals surface area contributed by atoms with Crippen LogP contribution in [-0.4, -0.2) is 23.1 Å². The van der Waals surface area contributed by atoms with Gasteiger partial charge in [0.05, 0.1) is 16.1 Å². The van der Waals surface area contributed by atoms with Crippen LogP contribution in [0.15, 0.2) is 42.6 Å². The summed E-state index contributed by atoms with van der Waals surface area (Å²) in [6.45, 7) is 5.22. The van der Waals surface area contributed by atoms with Gasteiger partial charge in [-0.3, -0.25) is 4.98 Å². The smallest absolute Gasteiger partial charge is 0.337 e. The molecule has 5 heteroatoms. The van der Waals surface area contributed by atoms with Crippen molar-refractivity contribution in [2.45, 2.75) is 39.7 Å². The molecule has 2 N–H and O–H groups in total. The van der Waals surface area contributed by atoms with Crippen LogP contribution in [0.5, 0.6) is 0 Å². The minimum Gasteiger partial charge on any atom is -0.478 e. The molecule has 4 nitrogen and oxygen atoms in total. The van der Waals surface area contributed by atoms with Crippen molar-refractivity contribution in [2.75, 3.05) is 7.05 Å². The fraction of sp³-hybridized carbons (Fsp3) is 0.333. The molecule has 1 aliphatic rings. The number of nitrogens with one attached hydrogen (secondary N) is 1. The molecule has 1 aromatic carbocycles. The summed E-state index contributed by atoms with van der Waals surface area (Å²) in [7, 11) is 1.94. The highest BCUT2D eigenvalue weighted by molar-refractivity contribution is 7.16. The van der Waals surface area contributed by atoms with E-state index in [2.05, 4.69) is 36.3 Å². The van der Waals surface area contributed by atoms with Gasteiger partial charge in [0.2, 0.25) is 0 Å². The van der Waals surface area contributed by atoms with Crippen LogP contribution in [0.1, 0.15) is 46.6 Å². The zero-order valence-corrected chi connectivity index (χ0v) is 17.9. The highest BCUT2D eigenvalue weighted by atomic mass is 32.1. The van der Waals surface area contributed by atoms with Gasteiger partial charge in [-0.25, -0.2) is 4.79 Å². The highest BCUT2D eigenvalue weighted by Gasteiger charge is 2.33. The van der Waals surface area contributed by atoms with E-state index in [9.17, 15) is 9.90 Å². The number of benzene rings is 1. The zero-order valence-electron chi connectivity index (χ0n) is 17.1. The Labute approximate surface area is 175 Å². The van der Waals surface area contributed by atoms with E-state index in [0.717, 1.165) is 53.1 Å². The second-order valence-electron chi connectivity index (χ2n) is 8.47. The molecule has 0 unspecified atom stereocenters. The fourth-order valence-electron chi connectivity index (χ4n) is 4.16. The first kappa shape index (κ1) is 19.8. The maximum atomic E-state index is 12.1. The normalized spacial score (nSPS) is 15.1. The maximum absolute atomic E-state index is 12.1. The summed E-state index contributed by atoms with van der Waals surface area (Å²) in [5.41, 5.74) is 5.75. The van der Waals surface area contributed by atoms with Crippen molar-refractivity contribution >= 4 is 17.3 Å². The van der Waals surface area contributed by atoms with Crippen LogP contribution in [-0.2, 0) is 19.4 Å². The maximum Gasteiger partial charge on any atom is 0.337 e. The first-order chi connectivity index (χ1) is 13.9. The van der Waals surface area contributed by atoms with Crippen LogP contribution < -0.4 is 5.32 Å². The van der Waals surface area contributed by atoms with Crippen molar-refractivity contribution in [3.63, 3.8) is 0 Å². The molecule has 0 spiro atoms. The number of carbonyl (C=O) groups is 1. The van der Waals surface area contributed by atoms with Gasteiger partial charge in [0.1, 0.15) is 0 Å². The molecule has 3 aromatic rings. The van der Waals surface area contributed by atoms with Crippen LogP contribution in [0.4, 0.5) is 0 Å². The Balaban J connectivity index is 1.74.